The van der Waals surface area contributed by atoms with Crippen LogP contribution >= 0.6 is 11.8 Å². The van der Waals surface area contributed by atoms with Crippen LogP contribution in [-0.2, 0) is 6.42 Å². The molecule has 0 bridgehead atoms. The quantitative estimate of drug-likeness (QED) is 0.328. The van der Waals surface area contributed by atoms with Gasteiger partial charge in [-0.1, -0.05) is 48.5 Å². The maximum atomic E-state index is 15.5. The lowest BCUT2D eigenvalue weighted by Crippen LogP contribution is -2.33. The van der Waals surface area contributed by atoms with E-state index < -0.39 is 35.1 Å². The molecule has 1 unspecified atom stereocenters. The number of thioether (sulfide) groups is 1. The van der Waals surface area contributed by atoms with Gasteiger partial charge in [-0.3, -0.25) is 9.36 Å². The Balaban J connectivity index is 1.77. The van der Waals surface area contributed by atoms with Crippen molar-refractivity contribution in [3.8, 4) is 16.9 Å². The molecule has 0 saturated heterocycles. The molecule has 1 aliphatic rings. The summed E-state index contributed by atoms with van der Waals surface area (Å²) in [6.45, 7) is 1.69. The molecule has 8 heteroatoms. The number of aromatic nitrogens is 1. The number of nitrogens with two attached hydrogens (primary N) is 1. The molecule has 190 valence electrons. The molecule has 0 spiro atoms. The largest absolute Gasteiger partial charge is 0.494 e. The SMILES string of the molecule is COc1cccc(-c2c(C)c(Cc3c(F)cccc3F)c3n(c2=O)[C@H](C(N)c2ccccc2)CS3)c1F. The van der Waals surface area contributed by atoms with Crippen LogP contribution in [0.5, 0.6) is 5.75 Å². The van der Waals surface area contributed by atoms with E-state index in [1.54, 1.807) is 17.6 Å². The predicted octanol–water partition coefficient (Wildman–Crippen LogP) is 6.19. The highest BCUT2D eigenvalue weighted by molar-refractivity contribution is 7.99. The maximum Gasteiger partial charge on any atom is 0.260 e. The summed E-state index contributed by atoms with van der Waals surface area (Å²) in [4.78, 5) is 14.1. The second-order valence-electron chi connectivity index (χ2n) is 8.97. The van der Waals surface area contributed by atoms with Gasteiger partial charge in [0.05, 0.1) is 29.8 Å². The van der Waals surface area contributed by atoms with E-state index in [9.17, 15) is 13.6 Å². The van der Waals surface area contributed by atoms with Crippen LogP contribution < -0.4 is 16.0 Å². The minimum absolute atomic E-state index is 0.00425. The third-order valence-corrected chi connectivity index (χ3v) is 8.15. The standard InChI is InChI=1S/C29H25F3N2O2S/c1-16-19(14-20-21(30)11-7-12-22(20)31)29-34(23(15-37-29)27(33)17-8-4-3-5-9-17)28(35)25(16)18-10-6-13-24(36-2)26(18)32/h3-13,23,27H,14-15,33H2,1-2H3/t23-,27?/m0/s1. The van der Waals surface area contributed by atoms with Crippen molar-refractivity contribution in [2.24, 2.45) is 5.73 Å². The van der Waals surface area contributed by atoms with Crippen LogP contribution in [0.2, 0.25) is 0 Å². The van der Waals surface area contributed by atoms with E-state index >= 15 is 4.39 Å². The molecule has 2 heterocycles. The van der Waals surface area contributed by atoms with Gasteiger partial charge in [0, 0.05) is 23.3 Å². The van der Waals surface area contributed by atoms with Gasteiger partial charge in [0.25, 0.3) is 5.56 Å². The first-order valence-corrected chi connectivity index (χ1v) is 12.8. The van der Waals surface area contributed by atoms with E-state index in [1.165, 1.54) is 49.2 Å². The Morgan fingerprint density at radius 1 is 1.00 bits per heavy atom. The van der Waals surface area contributed by atoms with E-state index in [0.717, 1.165) is 5.56 Å². The van der Waals surface area contributed by atoms with Crippen LogP contribution in [0.25, 0.3) is 11.1 Å². The molecule has 3 aromatic carbocycles. The molecule has 4 aromatic rings. The maximum absolute atomic E-state index is 15.5. The monoisotopic (exact) mass is 522 g/mol. The second-order valence-corrected chi connectivity index (χ2v) is 9.98. The number of hydrogen-bond donors (Lipinski definition) is 1. The Labute approximate surface area is 216 Å². The molecule has 0 radical (unpaired) electrons. The van der Waals surface area contributed by atoms with E-state index in [2.05, 4.69) is 0 Å². The lowest BCUT2D eigenvalue weighted by atomic mass is 9.93. The van der Waals surface area contributed by atoms with Gasteiger partial charge >= 0.3 is 0 Å². The highest BCUT2D eigenvalue weighted by Crippen LogP contribution is 2.43. The molecule has 0 amide bonds. The first-order chi connectivity index (χ1) is 17.8. The summed E-state index contributed by atoms with van der Waals surface area (Å²) < 4.78 is 51.6. The Morgan fingerprint density at radius 2 is 1.68 bits per heavy atom. The molecule has 1 aliphatic heterocycles. The number of methoxy groups -OCH3 is 1. The smallest absolute Gasteiger partial charge is 0.260 e. The molecule has 0 aliphatic carbocycles. The second kappa shape index (κ2) is 10.1. The van der Waals surface area contributed by atoms with Crippen molar-refractivity contribution in [1.82, 2.24) is 4.57 Å². The molecular formula is C29H25F3N2O2S. The Morgan fingerprint density at radius 3 is 2.35 bits per heavy atom. The van der Waals surface area contributed by atoms with Crippen molar-refractivity contribution >= 4 is 11.8 Å². The highest BCUT2D eigenvalue weighted by Gasteiger charge is 2.35. The zero-order valence-electron chi connectivity index (χ0n) is 20.3. The number of nitrogens with zero attached hydrogens (tertiary/aromatic N) is 1. The van der Waals surface area contributed by atoms with Gasteiger partial charge in [-0.2, -0.15) is 0 Å². The molecule has 0 fully saturated rings. The first-order valence-electron chi connectivity index (χ1n) is 11.8. The lowest BCUT2D eigenvalue weighted by Gasteiger charge is -2.25. The van der Waals surface area contributed by atoms with Gasteiger partial charge in [0.2, 0.25) is 0 Å². The highest BCUT2D eigenvalue weighted by atomic mass is 32.2. The topological polar surface area (TPSA) is 57.2 Å². The Hall–Kier alpha value is -3.49. The van der Waals surface area contributed by atoms with Gasteiger partial charge in [0.1, 0.15) is 11.6 Å². The Bertz CT molecular complexity index is 1520. The van der Waals surface area contributed by atoms with Crippen LogP contribution in [0.3, 0.4) is 0 Å². The molecule has 4 nitrogen and oxygen atoms in total. The van der Waals surface area contributed by atoms with Crippen molar-refractivity contribution in [1.29, 1.82) is 0 Å². The predicted molar refractivity (Wildman–Crippen MR) is 140 cm³/mol. The minimum atomic E-state index is -0.681. The van der Waals surface area contributed by atoms with E-state index in [-0.39, 0.29) is 28.9 Å². The third kappa shape index (κ3) is 4.34. The number of benzene rings is 3. The summed E-state index contributed by atoms with van der Waals surface area (Å²) in [7, 11) is 1.35. The molecule has 2 N–H and O–H groups in total. The summed E-state index contributed by atoms with van der Waals surface area (Å²) in [5, 5.41) is 0.591. The third-order valence-electron chi connectivity index (χ3n) is 6.93. The molecular weight excluding hydrogens is 497 g/mol. The normalized spacial score (nSPS) is 15.5. The number of ether oxygens (including phenoxy) is 1. The van der Waals surface area contributed by atoms with Crippen molar-refractivity contribution in [2.45, 2.75) is 30.5 Å². The summed E-state index contributed by atoms with van der Waals surface area (Å²) in [5.41, 5.74) is 8.21. The molecule has 5 rings (SSSR count). The minimum Gasteiger partial charge on any atom is -0.494 e. The van der Waals surface area contributed by atoms with Crippen molar-refractivity contribution < 1.29 is 17.9 Å². The van der Waals surface area contributed by atoms with Crippen LogP contribution in [0.1, 0.15) is 34.3 Å². The van der Waals surface area contributed by atoms with E-state index in [0.29, 0.717) is 21.9 Å². The summed E-state index contributed by atoms with van der Waals surface area (Å²) in [6.07, 6.45) is -0.0984. The van der Waals surface area contributed by atoms with Crippen molar-refractivity contribution in [3.63, 3.8) is 0 Å². The lowest BCUT2D eigenvalue weighted by molar-refractivity contribution is 0.387. The van der Waals surface area contributed by atoms with Crippen LogP contribution in [0.4, 0.5) is 13.2 Å². The molecule has 37 heavy (non-hydrogen) atoms. The van der Waals surface area contributed by atoms with Gasteiger partial charge in [-0.05, 0) is 41.8 Å². The first kappa shape index (κ1) is 25.2. The average Bonchev–Trinajstić information content (AvgIpc) is 3.34. The van der Waals surface area contributed by atoms with Crippen molar-refractivity contribution in [2.75, 3.05) is 12.9 Å². The zero-order chi connectivity index (χ0) is 26.3. The molecule has 1 aromatic heterocycles. The number of fused-ring (bicyclic) bond motifs is 1. The van der Waals surface area contributed by atoms with Gasteiger partial charge < -0.3 is 10.5 Å². The van der Waals surface area contributed by atoms with Gasteiger partial charge in [-0.25, -0.2) is 13.2 Å². The zero-order valence-corrected chi connectivity index (χ0v) is 21.1. The number of halogens is 3. The number of hydrogen-bond acceptors (Lipinski definition) is 4. The van der Waals surface area contributed by atoms with Gasteiger partial charge in [0.15, 0.2) is 11.6 Å². The van der Waals surface area contributed by atoms with Crippen LogP contribution in [0, 0.1) is 24.4 Å². The fourth-order valence-corrected chi connectivity index (χ4v) is 6.40. The summed E-state index contributed by atoms with van der Waals surface area (Å²) in [5.74, 6) is -1.56. The summed E-state index contributed by atoms with van der Waals surface area (Å²) >= 11 is 1.42. The number of rotatable bonds is 6. The summed E-state index contributed by atoms with van der Waals surface area (Å²) in [6, 6.07) is 16.8. The average molecular weight is 523 g/mol. The molecule has 2 atom stereocenters. The number of pyridine rings is 1. The Kier molecular flexibility index (Phi) is 6.88. The fraction of sp³-hybridized carbons (Fsp3) is 0.207. The molecule has 0 saturated carbocycles. The van der Waals surface area contributed by atoms with Crippen LogP contribution in [-0.4, -0.2) is 17.4 Å². The van der Waals surface area contributed by atoms with Crippen molar-refractivity contribution in [3.05, 3.63) is 117 Å². The van der Waals surface area contributed by atoms with Crippen LogP contribution in [0.15, 0.2) is 76.6 Å². The van der Waals surface area contributed by atoms with E-state index in [4.69, 9.17) is 10.5 Å². The van der Waals surface area contributed by atoms with Gasteiger partial charge in [-0.15, -0.1) is 11.8 Å². The fourth-order valence-electron chi connectivity index (χ4n) is 4.95. The van der Waals surface area contributed by atoms with E-state index in [1.807, 2.05) is 30.3 Å².